The van der Waals surface area contributed by atoms with E-state index in [1.165, 1.54) is 25.6 Å². The van der Waals surface area contributed by atoms with Crippen molar-refractivity contribution in [1.29, 1.82) is 0 Å². The molecule has 3 rings (SSSR count). The van der Waals surface area contributed by atoms with Gasteiger partial charge in [-0.05, 0) is 35.7 Å². The van der Waals surface area contributed by atoms with Gasteiger partial charge in [0, 0.05) is 6.20 Å². The zero-order valence-corrected chi connectivity index (χ0v) is 12.7. The van der Waals surface area contributed by atoms with Crippen LogP contribution in [-0.2, 0) is 17.3 Å². The summed E-state index contributed by atoms with van der Waals surface area (Å²) in [6, 6.07) is 8.55. The van der Waals surface area contributed by atoms with Gasteiger partial charge in [0.15, 0.2) is 5.69 Å². The molecule has 0 aliphatic rings. The summed E-state index contributed by atoms with van der Waals surface area (Å²) in [6.07, 6.45) is -0.747. The van der Waals surface area contributed by atoms with Crippen LogP contribution in [0.1, 0.15) is 27.2 Å². The molecule has 2 heterocycles. The second kappa shape index (κ2) is 5.99. The number of benzene rings is 1. The minimum atomic E-state index is -4.36. The van der Waals surface area contributed by atoms with E-state index >= 15 is 0 Å². The number of nitrogens with zero attached hydrogens (tertiary/aromatic N) is 2. The predicted octanol–water partition coefficient (Wildman–Crippen LogP) is 3.73. The van der Waals surface area contributed by atoms with E-state index in [9.17, 15) is 18.0 Å². The van der Waals surface area contributed by atoms with Gasteiger partial charge >= 0.3 is 12.1 Å². The second-order valence-corrected chi connectivity index (χ2v) is 5.25. The van der Waals surface area contributed by atoms with Crippen LogP contribution in [0.5, 0.6) is 0 Å². The van der Waals surface area contributed by atoms with Gasteiger partial charge in [0.2, 0.25) is 0 Å². The van der Waals surface area contributed by atoms with E-state index in [0.29, 0.717) is 17.5 Å². The number of pyridine rings is 1. The largest absolute Gasteiger partial charge is 0.464 e. The zero-order valence-electron chi connectivity index (χ0n) is 12.7. The van der Waals surface area contributed by atoms with Gasteiger partial charge in [-0.2, -0.15) is 13.2 Å². The number of fused-ring (bicyclic) bond motifs is 1. The normalized spacial score (nSPS) is 11.7. The molecule has 0 N–H and O–H groups in total. The summed E-state index contributed by atoms with van der Waals surface area (Å²) in [5.74, 6) is -0.558. The van der Waals surface area contributed by atoms with Crippen molar-refractivity contribution in [2.45, 2.75) is 12.6 Å². The highest BCUT2D eigenvalue weighted by molar-refractivity contribution is 5.95. The number of hydrogen-bond acceptors (Lipinski definition) is 3. The van der Waals surface area contributed by atoms with Crippen molar-refractivity contribution in [2.75, 3.05) is 7.11 Å². The van der Waals surface area contributed by atoms with Gasteiger partial charge in [-0.25, -0.2) is 9.78 Å². The first kappa shape index (κ1) is 16.0. The highest BCUT2D eigenvalue weighted by atomic mass is 19.4. The lowest BCUT2D eigenvalue weighted by Gasteiger charge is -2.09. The Morgan fingerprint density at radius 2 is 1.92 bits per heavy atom. The lowest BCUT2D eigenvalue weighted by atomic mass is 10.0. The molecule has 7 heteroatoms. The summed E-state index contributed by atoms with van der Waals surface area (Å²) in [7, 11) is 1.27. The van der Waals surface area contributed by atoms with Gasteiger partial charge in [-0.15, -0.1) is 0 Å². The Balaban J connectivity index is 1.98. The Labute approximate surface area is 135 Å². The molecule has 0 unspecified atom stereocenters. The maximum absolute atomic E-state index is 12.6. The topological polar surface area (TPSA) is 43.6 Å². The summed E-state index contributed by atoms with van der Waals surface area (Å²) in [5.41, 5.74) is 1.55. The molecular formula is C17H13F3N2O2. The molecule has 24 heavy (non-hydrogen) atoms. The van der Waals surface area contributed by atoms with Crippen molar-refractivity contribution in [2.24, 2.45) is 0 Å². The number of methoxy groups -OCH3 is 1. The minimum Gasteiger partial charge on any atom is -0.464 e. The number of rotatable bonds is 3. The maximum atomic E-state index is 12.6. The predicted molar refractivity (Wildman–Crippen MR) is 80.8 cm³/mol. The van der Waals surface area contributed by atoms with Crippen LogP contribution in [-0.4, -0.2) is 22.5 Å². The zero-order chi connectivity index (χ0) is 17.3. The number of carbonyl (C=O) groups excluding carboxylic acids is 1. The highest BCUT2D eigenvalue weighted by Crippen LogP contribution is 2.29. The Morgan fingerprint density at radius 3 is 2.54 bits per heavy atom. The van der Waals surface area contributed by atoms with E-state index < -0.39 is 17.7 Å². The number of imidazole rings is 1. The van der Waals surface area contributed by atoms with Crippen molar-refractivity contribution >= 4 is 11.5 Å². The number of alkyl halides is 3. The first-order valence-electron chi connectivity index (χ1n) is 7.09. The molecule has 0 atom stereocenters. The Bertz CT molecular complexity index is 883. The third kappa shape index (κ3) is 2.97. The Morgan fingerprint density at radius 1 is 1.21 bits per heavy atom. The fourth-order valence-corrected chi connectivity index (χ4v) is 2.54. The van der Waals surface area contributed by atoms with Crippen molar-refractivity contribution in [3.05, 3.63) is 71.3 Å². The van der Waals surface area contributed by atoms with E-state index in [1.807, 2.05) is 0 Å². The Hall–Kier alpha value is -2.83. The second-order valence-electron chi connectivity index (χ2n) is 5.25. The smallest absolute Gasteiger partial charge is 0.416 e. The molecule has 0 bridgehead atoms. The van der Waals surface area contributed by atoms with Crippen LogP contribution in [0.25, 0.3) is 5.52 Å². The Kier molecular flexibility index (Phi) is 4.01. The fraction of sp³-hybridized carbons (Fsp3) is 0.176. The molecule has 4 nitrogen and oxygen atoms in total. The standard InChI is InChI=1S/C17H13F3N2O2/c1-24-16(23)14-15-12(3-2-8-22(15)10-21-14)9-11-4-6-13(7-5-11)17(18,19)20/h2-8,10H,9H2,1H3. The quantitative estimate of drug-likeness (QED) is 0.686. The van der Waals surface area contributed by atoms with Crippen LogP contribution in [0.15, 0.2) is 48.9 Å². The van der Waals surface area contributed by atoms with Gasteiger partial charge in [-0.1, -0.05) is 18.2 Å². The molecular weight excluding hydrogens is 321 g/mol. The van der Waals surface area contributed by atoms with E-state index in [4.69, 9.17) is 4.74 Å². The number of carbonyl (C=O) groups is 1. The average molecular weight is 334 g/mol. The summed E-state index contributed by atoms with van der Waals surface area (Å²) in [6.45, 7) is 0. The number of aromatic nitrogens is 2. The molecule has 0 radical (unpaired) electrons. The molecule has 0 saturated carbocycles. The van der Waals surface area contributed by atoms with Crippen LogP contribution in [0, 0.1) is 0 Å². The molecule has 0 aliphatic heterocycles. The average Bonchev–Trinajstić information content (AvgIpc) is 2.99. The third-order valence-electron chi connectivity index (χ3n) is 3.70. The lowest BCUT2D eigenvalue weighted by Crippen LogP contribution is -2.05. The van der Waals surface area contributed by atoms with Crippen LogP contribution in [0.3, 0.4) is 0 Å². The van der Waals surface area contributed by atoms with Crippen LogP contribution in [0.4, 0.5) is 13.2 Å². The van der Waals surface area contributed by atoms with E-state index in [1.54, 1.807) is 22.7 Å². The molecule has 124 valence electrons. The van der Waals surface area contributed by atoms with Crippen molar-refractivity contribution in [3.8, 4) is 0 Å². The van der Waals surface area contributed by atoms with Crippen molar-refractivity contribution in [1.82, 2.24) is 9.38 Å². The number of ether oxygens (including phenoxy) is 1. The van der Waals surface area contributed by atoms with Gasteiger partial charge in [0.25, 0.3) is 0 Å². The van der Waals surface area contributed by atoms with Gasteiger partial charge < -0.3 is 9.14 Å². The van der Waals surface area contributed by atoms with E-state index in [2.05, 4.69) is 4.98 Å². The molecule has 0 amide bonds. The third-order valence-corrected chi connectivity index (χ3v) is 3.70. The van der Waals surface area contributed by atoms with Crippen LogP contribution in [0.2, 0.25) is 0 Å². The SMILES string of the molecule is COC(=O)c1ncn2cccc(Cc3ccc(C(F)(F)F)cc3)c12. The van der Waals surface area contributed by atoms with Crippen molar-refractivity contribution in [3.63, 3.8) is 0 Å². The number of halogens is 3. The van der Waals surface area contributed by atoms with Gasteiger partial charge in [-0.3, -0.25) is 0 Å². The molecule has 1 aromatic carbocycles. The van der Waals surface area contributed by atoms with Crippen molar-refractivity contribution < 1.29 is 22.7 Å². The molecule has 2 aromatic heterocycles. The summed E-state index contributed by atoms with van der Waals surface area (Å²) in [4.78, 5) is 15.9. The van der Waals surface area contributed by atoms with Gasteiger partial charge in [0.1, 0.15) is 6.33 Å². The monoisotopic (exact) mass is 334 g/mol. The minimum absolute atomic E-state index is 0.181. The van der Waals surface area contributed by atoms with Gasteiger partial charge in [0.05, 0.1) is 18.2 Å². The van der Waals surface area contributed by atoms with E-state index in [0.717, 1.165) is 17.7 Å². The molecule has 3 aromatic rings. The van der Waals surface area contributed by atoms with Crippen LogP contribution < -0.4 is 0 Å². The van der Waals surface area contributed by atoms with E-state index in [-0.39, 0.29) is 5.69 Å². The first-order valence-corrected chi connectivity index (χ1v) is 7.09. The molecule has 0 aliphatic carbocycles. The molecule has 0 saturated heterocycles. The summed E-state index contributed by atoms with van der Waals surface area (Å²) >= 11 is 0. The summed E-state index contributed by atoms with van der Waals surface area (Å²) < 4.78 is 44.3. The number of esters is 1. The number of hydrogen-bond donors (Lipinski definition) is 0. The lowest BCUT2D eigenvalue weighted by molar-refractivity contribution is -0.137. The summed E-state index contributed by atoms with van der Waals surface area (Å²) in [5, 5.41) is 0. The fourth-order valence-electron chi connectivity index (χ4n) is 2.54. The van der Waals surface area contributed by atoms with Crippen LogP contribution >= 0.6 is 0 Å². The maximum Gasteiger partial charge on any atom is 0.416 e. The first-order chi connectivity index (χ1) is 11.4. The molecule has 0 spiro atoms. The highest BCUT2D eigenvalue weighted by Gasteiger charge is 2.30. The molecule has 0 fully saturated rings.